The highest BCUT2D eigenvalue weighted by atomic mass is 15.3. The van der Waals surface area contributed by atoms with E-state index >= 15 is 0 Å². The maximum atomic E-state index is 2.44. The van der Waals surface area contributed by atoms with Crippen LogP contribution < -0.4 is 0 Å². The molecule has 12 heavy (non-hydrogen) atoms. The maximum Gasteiger partial charge on any atom is 0.0237 e. The quantitative estimate of drug-likeness (QED) is 0.625. The molecule has 0 amide bonds. The van der Waals surface area contributed by atoms with Crippen molar-refractivity contribution in [1.82, 2.24) is 9.80 Å². The van der Waals surface area contributed by atoms with Crippen LogP contribution in [0.4, 0.5) is 0 Å². The molecule has 0 N–H and O–H groups in total. The largest absolute Gasteiger partial charge is 0.308 e. The fraction of sp³-hybridized carbons (Fsp3) is 1.00. The molecule has 1 saturated heterocycles. The van der Waals surface area contributed by atoms with Crippen LogP contribution in [0.5, 0.6) is 0 Å². The van der Waals surface area contributed by atoms with Crippen LogP contribution in [0.3, 0.4) is 0 Å². The Morgan fingerprint density at radius 2 is 1.83 bits per heavy atom. The average molecular weight is 172 g/mol. The topological polar surface area (TPSA) is 6.48 Å². The molecule has 1 aliphatic rings. The molecule has 0 aromatic heterocycles. The van der Waals surface area contributed by atoms with E-state index in [1.807, 2.05) is 13.8 Å². The third kappa shape index (κ3) is 3.11. The van der Waals surface area contributed by atoms with Gasteiger partial charge in [-0.05, 0) is 34.5 Å². The number of nitrogens with zero attached hydrogens (tertiary/aromatic N) is 2. The minimum Gasteiger partial charge on any atom is -0.308 e. The third-order valence-electron chi connectivity index (χ3n) is 2.46. The van der Waals surface area contributed by atoms with Crippen molar-refractivity contribution in [3.8, 4) is 0 Å². The van der Waals surface area contributed by atoms with E-state index in [4.69, 9.17) is 0 Å². The molecular formula is C10H24N2. The standard InChI is InChI=1S/C8H18N2.C2H6/c1-7-5-8(10(7)4)6-9(2)3;1-2/h7-8H,5-6H2,1-4H3;1-2H3. The fourth-order valence-electron chi connectivity index (χ4n) is 1.57. The Morgan fingerprint density at radius 3 is 2.08 bits per heavy atom. The highest BCUT2D eigenvalue weighted by molar-refractivity contribution is 4.88. The second-order valence-corrected chi connectivity index (χ2v) is 3.67. The van der Waals surface area contributed by atoms with Gasteiger partial charge in [0.2, 0.25) is 0 Å². The summed E-state index contributed by atoms with van der Waals surface area (Å²) in [6, 6.07) is 1.62. The van der Waals surface area contributed by atoms with Gasteiger partial charge in [0, 0.05) is 18.6 Å². The van der Waals surface area contributed by atoms with Crippen LogP contribution in [0.25, 0.3) is 0 Å². The van der Waals surface area contributed by atoms with Crippen molar-refractivity contribution in [2.24, 2.45) is 0 Å². The van der Waals surface area contributed by atoms with Gasteiger partial charge in [-0.1, -0.05) is 13.8 Å². The number of rotatable bonds is 2. The number of likely N-dealkylation sites (tertiary alicyclic amines) is 1. The van der Waals surface area contributed by atoms with E-state index in [0.717, 1.165) is 12.1 Å². The van der Waals surface area contributed by atoms with Crippen LogP contribution in [0, 0.1) is 0 Å². The van der Waals surface area contributed by atoms with Crippen LogP contribution in [0.15, 0.2) is 0 Å². The SMILES string of the molecule is CC.CC1CC(CN(C)C)N1C. The third-order valence-corrected chi connectivity index (χ3v) is 2.46. The van der Waals surface area contributed by atoms with Crippen molar-refractivity contribution in [2.45, 2.75) is 39.3 Å². The zero-order valence-corrected chi connectivity index (χ0v) is 9.46. The predicted molar refractivity (Wildman–Crippen MR) is 55.5 cm³/mol. The first-order valence-corrected chi connectivity index (χ1v) is 4.98. The summed E-state index contributed by atoms with van der Waals surface area (Å²) >= 11 is 0. The number of hydrogen-bond donors (Lipinski definition) is 0. The van der Waals surface area contributed by atoms with Crippen LogP contribution in [0.1, 0.15) is 27.2 Å². The van der Waals surface area contributed by atoms with Crippen molar-refractivity contribution < 1.29 is 0 Å². The van der Waals surface area contributed by atoms with Gasteiger partial charge in [0.1, 0.15) is 0 Å². The van der Waals surface area contributed by atoms with Crippen molar-refractivity contribution in [3.63, 3.8) is 0 Å². The Morgan fingerprint density at radius 1 is 1.33 bits per heavy atom. The molecule has 2 nitrogen and oxygen atoms in total. The summed E-state index contributed by atoms with van der Waals surface area (Å²) in [4.78, 5) is 4.70. The molecule has 1 heterocycles. The molecule has 1 aliphatic heterocycles. The van der Waals surface area contributed by atoms with Crippen LogP contribution in [-0.4, -0.2) is 49.6 Å². The van der Waals surface area contributed by atoms with Gasteiger partial charge in [-0.15, -0.1) is 0 Å². The van der Waals surface area contributed by atoms with E-state index in [2.05, 4.69) is 37.9 Å². The van der Waals surface area contributed by atoms with Crippen LogP contribution in [-0.2, 0) is 0 Å². The molecule has 0 spiro atoms. The monoisotopic (exact) mass is 172 g/mol. The molecule has 0 radical (unpaired) electrons. The summed E-state index contributed by atoms with van der Waals surface area (Å²) in [5, 5.41) is 0. The van der Waals surface area contributed by atoms with Gasteiger partial charge >= 0.3 is 0 Å². The summed E-state index contributed by atoms with van der Waals surface area (Å²) in [6.45, 7) is 7.49. The minimum atomic E-state index is 0.810. The van der Waals surface area contributed by atoms with Crippen molar-refractivity contribution >= 4 is 0 Å². The van der Waals surface area contributed by atoms with Crippen molar-refractivity contribution in [1.29, 1.82) is 0 Å². The lowest BCUT2D eigenvalue weighted by molar-refractivity contribution is 0.0388. The number of likely N-dealkylation sites (N-methyl/N-ethyl adjacent to an activating group) is 2. The van der Waals surface area contributed by atoms with Crippen LogP contribution >= 0.6 is 0 Å². The van der Waals surface area contributed by atoms with E-state index in [9.17, 15) is 0 Å². The molecule has 2 atom stereocenters. The van der Waals surface area contributed by atoms with E-state index < -0.39 is 0 Å². The van der Waals surface area contributed by atoms with Crippen LogP contribution in [0.2, 0.25) is 0 Å². The highest BCUT2D eigenvalue weighted by Crippen LogP contribution is 2.22. The first kappa shape index (κ1) is 11.9. The van der Waals surface area contributed by atoms with Gasteiger partial charge in [0.15, 0.2) is 0 Å². The van der Waals surface area contributed by atoms with Crippen molar-refractivity contribution in [2.75, 3.05) is 27.7 Å². The van der Waals surface area contributed by atoms with Gasteiger partial charge in [0.25, 0.3) is 0 Å². The lowest BCUT2D eigenvalue weighted by atomic mass is 9.95. The minimum absolute atomic E-state index is 0.810. The molecule has 1 rings (SSSR count). The summed E-state index contributed by atoms with van der Waals surface area (Å²) in [7, 11) is 6.48. The Kier molecular flexibility index (Phi) is 5.51. The van der Waals surface area contributed by atoms with Gasteiger partial charge in [-0.3, -0.25) is 4.90 Å². The molecule has 0 saturated carbocycles. The molecule has 0 bridgehead atoms. The second-order valence-electron chi connectivity index (χ2n) is 3.67. The van der Waals surface area contributed by atoms with E-state index in [-0.39, 0.29) is 0 Å². The van der Waals surface area contributed by atoms with Gasteiger partial charge in [0.05, 0.1) is 0 Å². The molecule has 1 fully saturated rings. The Hall–Kier alpha value is -0.0800. The van der Waals surface area contributed by atoms with Gasteiger partial charge in [-0.25, -0.2) is 0 Å². The second kappa shape index (κ2) is 5.55. The zero-order chi connectivity index (χ0) is 9.72. The molecule has 0 aliphatic carbocycles. The Labute approximate surface area is 77.5 Å². The first-order chi connectivity index (χ1) is 5.61. The molecule has 0 aromatic rings. The number of hydrogen-bond acceptors (Lipinski definition) is 2. The lowest BCUT2D eigenvalue weighted by Gasteiger charge is -2.45. The van der Waals surface area contributed by atoms with E-state index in [1.54, 1.807) is 0 Å². The molecule has 2 heteroatoms. The summed E-state index contributed by atoms with van der Waals surface area (Å²) in [5.41, 5.74) is 0. The molecular weight excluding hydrogens is 148 g/mol. The molecule has 74 valence electrons. The van der Waals surface area contributed by atoms with Crippen molar-refractivity contribution in [3.05, 3.63) is 0 Å². The normalized spacial score (nSPS) is 29.2. The van der Waals surface area contributed by atoms with Gasteiger partial charge < -0.3 is 4.90 Å². The van der Waals surface area contributed by atoms with E-state index in [1.165, 1.54) is 13.0 Å². The molecule has 0 aromatic carbocycles. The fourth-order valence-corrected chi connectivity index (χ4v) is 1.57. The lowest BCUT2D eigenvalue weighted by Crippen LogP contribution is -2.55. The smallest absolute Gasteiger partial charge is 0.0237 e. The Balaban J connectivity index is 0.000000561. The molecule has 2 unspecified atom stereocenters. The van der Waals surface area contributed by atoms with E-state index in [0.29, 0.717) is 0 Å². The summed E-state index contributed by atoms with van der Waals surface area (Å²) in [6.07, 6.45) is 1.37. The van der Waals surface area contributed by atoms with Gasteiger partial charge in [-0.2, -0.15) is 0 Å². The summed E-state index contributed by atoms with van der Waals surface area (Å²) in [5.74, 6) is 0. The summed E-state index contributed by atoms with van der Waals surface area (Å²) < 4.78 is 0. The predicted octanol–water partition coefficient (Wildman–Crippen LogP) is 1.67. The first-order valence-electron chi connectivity index (χ1n) is 4.98. The maximum absolute atomic E-state index is 2.44. The Bertz CT molecular complexity index is 112. The highest BCUT2D eigenvalue weighted by Gasteiger charge is 2.31. The average Bonchev–Trinajstić information content (AvgIpc) is 2.06. The zero-order valence-electron chi connectivity index (χ0n) is 9.46.